The number of nitro groups is 1. The van der Waals surface area contributed by atoms with Gasteiger partial charge in [-0.2, -0.15) is 5.10 Å². The number of urea groups is 1. The first-order valence-corrected chi connectivity index (χ1v) is 8.75. The zero-order chi connectivity index (χ0) is 19.8. The van der Waals surface area contributed by atoms with Gasteiger partial charge < -0.3 is 14.8 Å². The number of hydrogen-bond donors (Lipinski definition) is 1. The van der Waals surface area contributed by atoms with Gasteiger partial charge in [-0.05, 0) is 43.2 Å². The molecule has 0 saturated carbocycles. The first-order valence-electron chi connectivity index (χ1n) is 8.75. The predicted octanol–water partition coefficient (Wildman–Crippen LogP) is 2.66. The molecule has 2 amide bonds. The van der Waals surface area contributed by atoms with Crippen LogP contribution in [-0.4, -0.2) is 41.6 Å². The summed E-state index contributed by atoms with van der Waals surface area (Å²) in [7, 11) is 1.55. The van der Waals surface area contributed by atoms with Gasteiger partial charge in [0.25, 0.3) is 5.69 Å². The number of carbonyl (C=O) groups is 1. The van der Waals surface area contributed by atoms with Gasteiger partial charge in [-0.15, -0.1) is 0 Å². The van der Waals surface area contributed by atoms with Gasteiger partial charge in [0, 0.05) is 30.3 Å². The predicted molar refractivity (Wildman–Crippen MR) is 101 cm³/mol. The number of ether oxygens (including phenoxy) is 2. The fraction of sp³-hybridized carbons (Fsp3) is 0.263. The Bertz CT molecular complexity index is 987. The third-order valence-corrected chi connectivity index (χ3v) is 4.77. The maximum absolute atomic E-state index is 12.4. The highest BCUT2D eigenvalue weighted by molar-refractivity contribution is 6.14. The number of amides is 2. The lowest BCUT2D eigenvalue weighted by Crippen LogP contribution is -2.41. The molecule has 1 N–H and O–H groups in total. The fourth-order valence-corrected chi connectivity index (χ4v) is 3.35. The Labute approximate surface area is 160 Å². The second kappa shape index (κ2) is 6.84. The van der Waals surface area contributed by atoms with E-state index in [9.17, 15) is 14.9 Å². The average molecular weight is 382 g/mol. The van der Waals surface area contributed by atoms with Gasteiger partial charge in [-0.1, -0.05) is 0 Å². The van der Waals surface area contributed by atoms with Crippen molar-refractivity contribution in [3.8, 4) is 11.5 Å². The molecule has 28 heavy (non-hydrogen) atoms. The van der Waals surface area contributed by atoms with Crippen LogP contribution in [0.25, 0.3) is 0 Å². The van der Waals surface area contributed by atoms with E-state index >= 15 is 0 Å². The first-order chi connectivity index (χ1) is 13.5. The van der Waals surface area contributed by atoms with E-state index in [1.807, 2.05) is 19.1 Å². The lowest BCUT2D eigenvalue weighted by atomic mass is 9.94. The smallest absolute Gasteiger partial charge is 0.337 e. The number of fused-ring (bicyclic) bond motifs is 2. The Balaban J connectivity index is 1.88. The molecule has 0 fully saturated rings. The van der Waals surface area contributed by atoms with Crippen molar-refractivity contribution in [3.63, 3.8) is 0 Å². The number of non-ortho nitro benzene ring substituents is 1. The number of hydrogen-bond acceptors (Lipinski definition) is 6. The van der Waals surface area contributed by atoms with Gasteiger partial charge in [0.15, 0.2) is 11.5 Å². The maximum Gasteiger partial charge on any atom is 0.337 e. The summed E-state index contributed by atoms with van der Waals surface area (Å²) in [4.78, 5) is 22.9. The Morgan fingerprint density at radius 1 is 1.25 bits per heavy atom. The van der Waals surface area contributed by atoms with Crippen LogP contribution in [0.5, 0.6) is 11.5 Å². The van der Waals surface area contributed by atoms with E-state index in [-0.39, 0.29) is 24.6 Å². The normalized spacial score (nSPS) is 17.4. The minimum Gasteiger partial charge on any atom is -0.454 e. The van der Waals surface area contributed by atoms with Crippen LogP contribution in [0.2, 0.25) is 0 Å². The Morgan fingerprint density at radius 2 is 1.93 bits per heavy atom. The molecule has 2 aromatic carbocycles. The minimum absolute atomic E-state index is 0.0135. The lowest BCUT2D eigenvalue weighted by molar-refractivity contribution is -0.384. The molecular weight excluding hydrogens is 364 g/mol. The number of rotatable bonds is 2. The summed E-state index contributed by atoms with van der Waals surface area (Å²) in [6, 6.07) is 9.31. The van der Waals surface area contributed by atoms with Gasteiger partial charge in [0.05, 0.1) is 16.7 Å². The number of nitro benzene ring substituents is 1. The fourth-order valence-electron chi connectivity index (χ4n) is 3.35. The molecule has 0 aliphatic carbocycles. The zero-order valence-electron chi connectivity index (χ0n) is 15.3. The largest absolute Gasteiger partial charge is 0.454 e. The molecule has 2 aliphatic heterocycles. The lowest BCUT2D eigenvalue weighted by Gasteiger charge is -2.22. The summed E-state index contributed by atoms with van der Waals surface area (Å²) in [5.74, 6) is 1.26. The molecule has 144 valence electrons. The van der Waals surface area contributed by atoms with E-state index in [2.05, 4.69) is 10.4 Å². The molecule has 9 nitrogen and oxygen atoms in total. The number of nitrogens with zero attached hydrogens (tertiary/aromatic N) is 3. The van der Waals surface area contributed by atoms with Crippen molar-refractivity contribution in [1.82, 2.24) is 10.3 Å². The van der Waals surface area contributed by atoms with Gasteiger partial charge in [0.1, 0.15) is 0 Å². The molecular formula is C19H18N4O5. The van der Waals surface area contributed by atoms with Crippen LogP contribution in [0.1, 0.15) is 23.6 Å². The molecule has 4 rings (SSSR count). The van der Waals surface area contributed by atoms with E-state index in [1.54, 1.807) is 19.2 Å². The van der Waals surface area contributed by atoms with Gasteiger partial charge in [-0.25, -0.2) is 9.80 Å². The molecule has 1 atom stereocenters. The van der Waals surface area contributed by atoms with Crippen LogP contribution in [0.4, 0.5) is 10.5 Å². The minimum atomic E-state index is -0.455. The molecule has 0 bridgehead atoms. The first kappa shape index (κ1) is 17.8. The highest BCUT2D eigenvalue weighted by atomic mass is 16.7. The molecule has 2 aromatic rings. The molecule has 2 heterocycles. The monoisotopic (exact) mass is 382 g/mol. The zero-order valence-corrected chi connectivity index (χ0v) is 15.3. The third kappa shape index (κ3) is 3.00. The van der Waals surface area contributed by atoms with Crippen molar-refractivity contribution >= 4 is 17.4 Å². The Hall–Kier alpha value is -3.62. The summed E-state index contributed by atoms with van der Waals surface area (Å²) >= 11 is 0. The standard InChI is InChI=1S/C19H18N4O5/c1-11-7-13-8-16-17(28-10-27-16)9-15(13)18(21-22(11)19(24)20-2)12-3-5-14(6-4-12)23(25)26/h3-6,8-9,11H,7,10H2,1-2H3,(H,20,24). The number of hydrazone groups is 1. The number of benzene rings is 2. The molecule has 1 unspecified atom stereocenters. The van der Waals surface area contributed by atoms with Crippen molar-refractivity contribution in [2.45, 2.75) is 19.4 Å². The average Bonchev–Trinajstić information content (AvgIpc) is 3.09. The van der Waals surface area contributed by atoms with Crippen molar-refractivity contribution in [2.75, 3.05) is 13.8 Å². The summed E-state index contributed by atoms with van der Waals surface area (Å²) in [6.45, 7) is 2.06. The van der Waals surface area contributed by atoms with Gasteiger partial charge in [-0.3, -0.25) is 10.1 Å². The van der Waals surface area contributed by atoms with Crippen LogP contribution in [0.3, 0.4) is 0 Å². The van der Waals surface area contributed by atoms with E-state index < -0.39 is 4.92 Å². The van der Waals surface area contributed by atoms with Crippen LogP contribution < -0.4 is 14.8 Å². The number of carbonyl (C=O) groups excluding carboxylic acids is 1. The van der Waals surface area contributed by atoms with Crippen molar-refractivity contribution in [2.24, 2.45) is 5.10 Å². The second-order valence-corrected chi connectivity index (χ2v) is 6.57. The molecule has 0 saturated heterocycles. The molecule has 2 aliphatic rings. The molecule has 0 spiro atoms. The SMILES string of the molecule is CNC(=O)N1N=C(c2ccc([N+](=O)[O-])cc2)c2cc3c(cc2CC1C)OCO3. The van der Waals surface area contributed by atoms with Crippen LogP contribution in [0.15, 0.2) is 41.5 Å². The van der Waals surface area contributed by atoms with Crippen LogP contribution in [-0.2, 0) is 6.42 Å². The summed E-state index contributed by atoms with van der Waals surface area (Å²) in [5, 5.41) is 19.6. The van der Waals surface area contributed by atoms with Crippen molar-refractivity contribution in [3.05, 3.63) is 63.2 Å². The van der Waals surface area contributed by atoms with Crippen LogP contribution in [0, 0.1) is 10.1 Å². The van der Waals surface area contributed by atoms with Crippen molar-refractivity contribution in [1.29, 1.82) is 0 Å². The Morgan fingerprint density at radius 3 is 2.57 bits per heavy atom. The van der Waals surface area contributed by atoms with E-state index in [4.69, 9.17) is 9.47 Å². The maximum atomic E-state index is 12.4. The van der Waals surface area contributed by atoms with Gasteiger partial charge in [0.2, 0.25) is 6.79 Å². The van der Waals surface area contributed by atoms with E-state index in [0.29, 0.717) is 29.2 Å². The molecule has 9 heteroatoms. The topological polar surface area (TPSA) is 106 Å². The van der Waals surface area contributed by atoms with E-state index in [0.717, 1.165) is 11.1 Å². The Kier molecular flexibility index (Phi) is 4.34. The highest BCUT2D eigenvalue weighted by Gasteiger charge is 2.29. The second-order valence-electron chi connectivity index (χ2n) is 6.57. The summed E-state index contributed by atoms with van der Waals surface area (Å²) < 4.78 is 11.0. The van der Waals surface area contributed by atoms with E-state index in [1.165, 1.54) is 17.1 Å². The number of nitrogens with one attached hydrogen (secondary N) is 1. The van der Waals surface area contributed by atoms with Gasteiger partial charge >= 0.3 is 6.03 Å². The highest BCUT2D eigenvalue weighted by Crippen LogP contribution is 2.37. The summed E-state index contributed by atoms with van der Waals surface area (Å²) in [5.41, 5.74) is 2.95. The molecule has 0 radical (unpaired) electrons. The van der Waals surface area contributed by atoms with Crippen molar-refractivity contribution < 1.29 is 19.2 Å². The molecule has 0 aromatic heterocycles. The third-order valence-electron chi connectivity index (χ3n) is 4.77. The quantitative estimate of drug-likeness (QED) is 0.635. The van der Waals surface area contributed by atoms with Crippen LogP contribution >= 0.6 is 0 Å². The summed E-state index contributed by atoms with van der Waals surface area (Å²) in [6.07, 6.45) is 0.569.